The predicted molar refractivity (Wildman–Crippen MR) is 66.8 cm³/mol. The second kappa shape index (κ2) is 5.31. The minimum absolute atomic E-state index is 0.404. The number of piperidine rings is 1. The molecule has 4 atom stereocenters. The van der Waals surface area contributed by atoms with E-state index >= 15 is 0 Å². The van der Waals surface area contributed by atoms with Crippen molar-refractivity contribution in [1.29, 1.82) is 0 Å². The highest BCUT2D eigenvalue weighted by Crippen LogP contribution is 2.27. The lowest BCUT2D eigenvalue weighted by molar-refractivity contribution is 0.0352. The van der Waals surface area contributed by atoms with Gasteiger partial charge in [0, 0.05) is 24.7 Å². The van der Waals surface area contributed by atoms with E-state index in [1.54, 1.807) is 0 Å². The Kier molecular flexibility index (Phi) is 4.60. The fraction of sp³-hybridized carbons (Fsp3) is 1.00. The van der Waals surface area contributed by atoms with Crippen LogP contribution in [0.1, 0.15) is 47.5 Å². The van der Waals surface area contributed by atoms with E-state index in [2.05, 4.69) is 39.5 Å². The van der Waals surface area contributed by atoms with E-state index in [0.29, 0.717) is 18.0 Å². The second-order valence-electron chi connectivity index (χ2n) is 5.51. The lowest BCUT2D eigenvalue weighted by Crippen LogP contribution is -2.56. The van der Waals surface area contributed by atoms with Gasteiger partial charge < -0.3 is 5.73 Å². The number of hydrogen-bond donors (Lipinski definition) is 1. The van der Waals surface area contributed by atoms with Gasteiger partial charge in [0.25, 0.3) is 0 Å². The van der Waals surface area contributed by atoms with Crippen LogP contribution < -0.4 is 5.73 Å². The van der Waals surface area contributed by atoms with Crippen LogP contribution in [0.15, 0.2) is 0 Å². The Hall–Kier alpha value is -0.0800. The number of rotatable bonds is 3. The van der Waals surface area contributed by atoms with E-state index in [0.717, 1.165) is 18.4 Å². The zero-order valence-electron chi connectivity index (χ0n) is 11.0. The summed E-state index contributed by atoms with van der Waals surface area (Å²) >= 11 is 0. The molecule has 1 saturated heterocycles. The number of hydrogen-bond acceptors (Lipinski definition) is 2. The fourth-order valence-electron chi connectivity index (χ4n) is 2.98. The molecular formula is C13H28N2. The first-order valence-electron chi connectivity index (χ1n) is 6.50. The molecule has 2 nitrogen and oxygen atoms in total. The Labute approximate surface area is 95.2 Å². The number of nitrogens with two attached hydrogens (primary N) is 1. The van der Waals surface area contributed by atoms with Crippen LogP contribution in [-0.4, -0.2) is 29.6 Å². The van der Waals surface area contributed by atoms with Crippen molar-refractivity contribution in [2.45, 2.75) is 65.6 Å². The smallest absolute Gasteiger partial charge is 0.0119 e. The fourth-order valence-corrected chi connectivity index (χ4v) is 2.98. The summed E-state index contributed by atoms with van der Waals surface area (Å²) in [4.78, 5) is 2.68. The summed E-state index contributed by atoms with van der Waals surface area (Å²) in [5.41, 5.74) is 6.12. The number of likely N-dealkylation sites (tertiary alicyclic amines) is 1. The van der Waals surface area contributed by atoms with E-state index in [1.807, 2.05) is 0 Å². The van der Waals surface area contributed by atoms with E-state index in [-0.39, 0.29) is 0 Å². The summed E-state index contributed by atoms with van der Waals surface area (Å²) in [6, 6.07) is 1.77. The van der Waals surface area contributed by atoms with Gasteiger partial charge in [0.15, 0.2) is 0 Å². The molecule has 0 radical (unpaired) electrons. The van der Waals surface area contributed by atoms with Crippen molar-refractivity contribution in [3.8, 4) is 0 Å². The molecule has 0 saturated carbocycles. The van der Waals surface area contributed by atoms with Gasteiger partial charge in [0.2, 0.25) is 0 Å². The molecule has 2 N–H and O–H groups in total. The van der Waals surface area contributed by atoms with Gasteiger partial charge in [0.1, 0.15) is 0 Å². The maximum Gasteiger partial charge on any atom is 0.0119 e. The van der Waals surface area contributed by atoms with Gasteiger partial charge in [-0.05, 0) is 31.6 Å². The van der Waals surface area contributed by atoms with Crippen molar-refractivity contribution in [3.63, 3.8) is 0 Å². The van der Waals surface area contributed by atoms with Crippen LogP contribution in [0, 0.1) is 11.8 Å². The highest BCUT2D eigenvalue weighted by molar-refractivity contribution is 4.90. The standard InChI is InChI=1S/C13H28N2/c1-6-13(9(2)3)15-8-7-12(14)10(4)11(15)5/h9-13H,6-8,14H2,1-5H3. The van der Waals surface area contributed by atoms with Crippen molar-refractivity contribution in [2.24, 2.45) is 17.6 Å². The highest BCUT2D eigenvalue weighted by atomic mass is 15.2. The molecule has 15 heavy (non-hydrogen) atoms. The quantitative estimate of drug-likeness (QED) is 0.779. The zero-order chi connectivity index (χ0) is 11.6. The molecule has 1 rings (SSSR count). The molecule has 0 bridgehead atoms. The Morgan fingerprint density at radius 3 is 2.40 bits per heavy atom. The van der Waals surface area contributed by atoms with E-state index in [1.165, 1.54) is 13.0 Å². The van der Waals surface area contributed by atoms with Crippen LogP contribution >= 0.6 is 0 Å². The largest absolute Gasteiger partial charge is 0.327 e. The first kappa shape index (κ1) is 13.0. The van der Waals surface area contributed by atoms with Gasteiger partial charge in [-0.3, -0.25) is 4.90 Å². The summed E-state index contributed by atoms with van der Waals surface area (Å²) in [5, 5.41) is 0. The van der Waals surface area contributed by atoms with Crippen LogP contribution in [0.5, 0.6) is 0 Å². The molecule has 2 heteroatoms. The molecule has 1 fully saturated rings. The molecule has 0 amide bonds. The Morgan fingerprint density at radius 2 is 1.93 bits per heavy atom. The van der Waals surface area contributed by atoms with E-state index < -0.39 is 0 Å². The molecular weight excluding hydrogens is 184 g/mol. The van der Waals surface area contributed by atoms with Gasteiger partial charge in [-0.25, -0.2) is 0 Å². The van der Waals surface area contributed by atoms with Crippen LogP contribution in [0.4, 0.5) is 0 Å². The van der Waals surface area contributed by atoms with Crippen LogP contribution in [0.25, 0.3) is 0 Å². The van der Waals surface area contributed by atoms with Gasteiger partial charge in [-0.2, -0.15) is 0 Å². The third-order valence-corrected chi connectivity index (χ3v) is 4.29. The normalized spacial score (nSPS) is 35.8. The summed E-state index contributed by atoms with van der Waals surface area (Å²) in [7, 11) is 0. The Morgan fingerprint density at radius 1 is 1.33 bits per heavy atom. The zero-order valence-corrected chi connectivity index (χ0v) is 11.0. The second-order valence-corrected chi connectivity index (χ2v) is 5.51. The lowest BCUT2D eigenvalue weighted by Gasteiger charge is -2.46. The summed E-state index contributed by atoms with van der Waals surface area (Å²) < 4.78 is 0. The molecule has 0 aromatic heterocycles. The molecule has 0 spiro atoms. The lowest BCUT2D eigenvalue weighted by atomic mass is 9.84. The van der Waals surface area contributed by atoms with Crippen molar-refractivity contribution in [3.05, 3.63) is 0 Å². The van der Waals surface area contributed by atoms with Gasteiger partial charge in [-0.15, -0.1) is 0 Å². The first-order chi connectivity index (χ1) is 6.99. The van der Waals surface area contributed by atoms with Crippen molar-refractivity contribution >= 4 is 0 Å². The average Bonchev–Trinajstić information content (AvgIpc) is 2.18. The molecule has 0 aromatic rings. The third kappa shape index (κ3) is 2.73. The molecule has 1 heterocycles. The van der Waals surface area contributed by atoms with E-state index in [9.17, 15) is 0 Å². The third-order valence-electron chi connectivity index (χ3n) is 4.29. The summed E-state index contributed by atoms with van der Waals surface area (Å²) in [6.07, 6.45) is 2.42. The van der Waals surface area contributed by atoms with Gasteiger partial charge in [0.05, 0.1) is 0 Å². The minimum atomic E-state index is 0.404. The Balaban J connectivity index is 2.69. The molecule has 0 aliphatic carbocycles. The van der Waals surface area contributed by atoms with Crippen LogP contribution in [0.3, 0.4) is 0 Å². The monoisotopic (exact) mass is 212 g/mol. The average molecular weight is 212 g/mol. The molecule has 1 aliphatic rings. The molecule has 4 unspecified atom stereocenters. The maximum absolute atomic E-state index is 6.12. The highest BCUT2D eigenvalue weighted by Gasteiger charge is 2.34. The first-order valence-corrected chi connectivity index (χ1v) is 6.50. The van der Waals surface area contributed by atoms with Gasteiger partial charge in [-0.1, -0.05) is 27.7 Å². The van der Waals surface area contributed by atoms with Crippen LogP contribution in [0.2, 0.25) is 0 Å². The van der Waals surface area contributed by atoms with Crippen molar-refractivity contribution in [2.75, 3.05) is 6.54 Å². The van der Waals surface area contributed by atoms with Crippen molar-refractivity contribution < 1.29 is 0 Å². The maximum atomic E-state index is 6.12. The van der Waals surface area contributed by atoms with E-state index in [4.69, 9.17) is 5.73 Å². The SMILES string of the molecule is CCC(C(C)C)N1CCC(N)C(C)C1C. The molecule has 1 aliphatic heterocycles. The summed E-state index contributed by atoms with van der Waals surface area (Å²) in [5.74, 6) is 1.38. The van der Waals surface area contributed by atoms with Crippen molar-refractivity contribution in [1.82, 2.24) is 4.90 Å². The topological polar surface area (TPSA) is 29.3 Å². The van der Waals surface area contributed by atoms with Gasteiger partial charge >= 0.3 is 0 Å². The summed E-state index contributed by atoms with van der Waals surface area (Å²) in [6.45, 7) is 12.8. The van der Waals surface area contributed by atoms with Crippen LogP contribution in [-0.2, 0) is 0 Å². The minimum Gasteiger partial charge on any atom is -0.327 e. The molecule has 90 valence electrons. The molecule has 0 aromatic carbocycles. The predicted octanol–water partition coefficient (Wildman–Crippen LogP) is 2.48. The number of nitrogens with zero attached hydrogens (tertiary/aromatic N) is 1. The Bertz CT molecular complexity index is 191.